The molecule has 0 aliphatic rings. The van der Waals surface area contributed by atoms with Gasteiger partial charge in [-0.05, 0) is 30.7 Å². The number of halogens is 3. The molecule has 10 heteroatoms. The first kappa shape index (κ1) is 15.8. The van der Waals surface area contributed by atoms with Crippen LogP contribution in [0.5, 0.6) is 5.75 Å². The molecule has 108 valence electrons. The number of hydrogen-bond acceptors (Lipinski definition) is 5. The summed E-state index contributed by atoms with van der Waals surface area (Å²) in [5, 5.41) is 0. The van der Waals surface area contributed by atoms with Crippen LogP contribution in [0.25, 0.3) is 0 Å². The Balaban J connectivity index is 3.19. The van der Waals surface area contributed by atoms with Crippen molar-refractivity contribution < 1.29 is 34.2 Å². The van der Waals surface area contributed by atoms with Crippen LogP contribution in [0.1, 0.15) is 5.56 Å². The fourth-order valence-electron chi connectivity index (χ4n) is 1.26. The third-order valence-corrected chi connectivity index (χ3v) is 4.27. The molecule has 0 radical (unpaired) electrons. The van der Waals surface area contributed by atoms with Crippen LogP contribution in [0.4, 0.5) is 13.2 Å². The van der Waals surface area contributed by atoms with Gasteiger partial charge in [-0.3, -0.25) is 0 Å². The lowest BCUT2D eigenvalue weighted by Crippen LogP contribution is -2.28. The van der Waals surface area contributed by atoms with Gasteiger partial charge in [-0.25, -0.2) is 8.42 Å². The van der Waals surface area contributed by atoms with Crippen molar-refractivity contribution in [3.05, 3.63) is 23.8 Å². The maximum atomic E-state index is 12.1. The van der Waals surface area contributed by atoms with Gasteiger partial charge in [0.05, 0.1) is 4.90 Å². The van der Waals surface area contributed by atoms with E-state index in [1.165, 1.54) is 6.92 Å². The minimum Gasteiger partial charge on any atom is -0.376 e. The second-order valence-corrected chi connectivity index (χ2v) is 7.20. The van der Waals surface area contributed by atoms with Crippen LogP contribution in [0.2, 0.25) is 0 Å². The molecular weight excluding hydrogens is 309 g/mol. The van der Waals surface area contributed by atoms with Crippen molar-refractivity contribution in [3.8, 4) is 5.75 Å². The second-order valence-electron chi connectivity index (χ2n) is 3.68. The normalized spacial score (nSPS) is 13.3. The molecule has 1 aromatic rings. The third kappa shape index (κ3) is 3.60. The maximum absolute atomic E-state index is 12.1. The zero-order valence-electron chi connectivity index (χ0n) is 9.72. The molecule has 0 heterocycles. The van der Waals surface area contributed by atoms with Gasteiger partial charge in [0.2, 0.25) is 0 Å². The Bertz CT molecular complexity index is 689. The molecule has 0 saturated carbocycles. The van der Waals surface area contributed by atoms with Crippen LogP contribution in [-0.4, -0.2) is 28.6 Å². The predicted molar refractivity (Wildman–Crippen MR) is 59.9 cm³/mol. The fourth-order valence-corrected chi connectivity index (χ4v) is 2.67. The first-order chi connectivity index (χ1) is 8.34. The van der Waals surface area contributed by atoms with Gasteiger partial charge in [-0.1, -0.05) is 0 Å². The molecular formula is C9H9F3O5S2. The number of rotatable bonds is 3. The molecule has 0 aliphatic carbocycles. The van der Waals surface area contributed by atoms with Crippen molar-refractivity contribution in [1.29, 1.82) is 0 Å². The number of benzene rings is 1. The zero-order valence-corrected chi connectivity index (χ0v) is 11.4. The molecule has 0 atom stereocenters. The quantitative estimate of drug-likeness (QED) is 0.625. The Kier molecular flexibility index (Phi) is 3.88. The summed E-state index contributed by atoms with van der Waals surface area (Å²) in [6.45, 7) is 1.31. The second kappa shape index (κ2) is 4.67. The molecule has 0 aliphatic heterocycles. The van der Waals surface area contributed by atoms with Crippen molar-refractivity contribution in [2.75, 3.05) is 6.26 Å². The molecule has 0 fully saturated rings. The number of sulfone groups is 1. The highest BCUT2D eigenvalue weighted by molar-refractivity contribution is 7.90. The van der Waals surface area contributed by atoms with E-state index >= 15 is 0 Å². The molecule has 1 aromatic carbocycles. The van der Waals surface area contributed by atoms with Gasteiger partial charge in [0, 0.05) is 6.26 Å². The van der Waals surface area contributed by atoms with Gasteiger partial charge in [0.25, 0.3) is 0 Å². The average Bonchev–Trinajstić information content (AvgIpc) is 2.12. The summed E-state index contributed by atoms with van der Waals surface area (Å²) in [5.74, 6) is -0.609. The molecule has 0 aromatic heterocycles. The van der Waals surface area contributed by atoms with Gasteiger partial charge in [-0.2, -0.15) is 21.6 Å². The lowest BCUT2D eigenvalue weighted by Gasteiger charge is -2.11. The molecule has 5 nitrogen and oxygen atoms in total. The lowest BCUT2D eigenvalue weighted by molar-refractivity contribution is -0.0500. The number of hydrogen-bond donors (Lipinski definition) is 0. The molecule has 1 rings (SSSR count). The van der Waals surface area contributed by atoms with Crippen LogP contribution in [0.15, 0.2) is 23.1 Å². The first-order valence-electron chi connectivity index (χ1n) is 4.66. The monoisotopic (exact) mass is 318 g/mol. The summed E-state index contributed by atoms with van der Waals surface area (Å²) < 4.78 is 84.1. The highest BCUT2D eigenvalue weighted by Gasteiger charge is 2.48. The highest BCUT2D eigenvalue weighted by Crippen LogP contribution is 2.28. The summed E-state index contributed by atoms with van der Waals surface area (Å²) in [6, 6.07) is 2.72. The predicted octanol–water partition coefficient (Wildman–Crippen LogP) is 1.63. The van der Waals surface area contributed by atoms with Crippen molar-refractivity contribution in [2.45, 2.75) is 17.3 Å². The van der Waals surface area contributed by atoms with Gasteiger partial charge >= 0.3 is 15.6 Å². The molecule has 0 bridgehead atoms. The molecule has 0 unspecified atom stereocenters. The minimum absolute atomic E-state index is 0.0809. The standard InChI is InChI=1S/C9H9F3O5S2/c1-6-5-7(3-4-8(6)18(2,13)14)17-19(15,16)9(10,11)12/h3-5H,1-2H3. The van der Waals surface area contributed by atoms with E-state index in [0.29, 0.717) is 0 Å². The largest absolute Gasteiger partial charge is 0.534 e. The minimum atomic E-state index is -5.77. The Hall–Kier alpha value is -1.29. The molecule has 0 N–H and O–H groups in total. The van der Waals surface area contributed by atoms with Gasteiger partial charge in [0.15, 0.2) is 9.84 Å². The Morgan fingerprint density at radius 1 is 1.11 bits per heavy atom. The van der Waals surface area contributed by atoms with Crippen LogP contribution in [0.3, 0.4) is 0 Å². The van der Waals surface area contributed by atoms with E-state index in [1.807, 2.05) is 0 Å². The van der Waals surface area contributed by atoms with Gasteiger partial charge < -0.3 is 4.18 Å². The van der Waals surface area contributed by atoms with Crippen molar-refractivity contribution in [3.63, 3.8) is 0 Å². The van der Waals surface area contributed by atoms with E-state index in [2.05, 4.69) is 4.18 Å². The van der Waals surface area contributed by atoms with E-state index in [-0.39, 0.29) is 10.5 Å². The Morgan fingerprint density at radius 3 is 2.00 bits per heavy atom. The highest BCUT2D eigenvalue weighted by atomic mass is 32.2. The molecule has 0 spiro atoms. The smallest absolute Gasteiger partial charge is 0.376 e. The van der Waals surface area contributed by atoms with Crippen LogP contribution < -0.4 is 4.18 Å². The number of aryl methyl sites for hydroxylation is 1. The van der Waals surface area contributed by atoms with Crippen molar-refractivity contribution >= 4 is 20.0 Å². The Morgan fingerprint density at radius 2 is 1.63 bits per heavy atom. The molecule has 19 heavy (non-hydrogen) atoms. The zero-order chi connectivity index (χ0) is 15.1. The van der Waals surface area contributed by atoms with E-state index in [0.717, 1.165) is 24.5 Å². The third-order valence-electron chi connectivity index (χ3n) is 2.04. The van der Waals surface area contributed by atoms with E-state index < -0.39 is 31.2 Å². The van der Waals surface area contributed by atoms with E-state index in [1.54, 1.807) is 0 Å². The van der Waals surface area contributed by atoms with Crippen molar-refractivity contribution in [1.82, 2.24) is 0 Å². The molecule has 0 saturated heterocycles. The van der Waals surface area contributed by atoms with Gasteiger partial charge in [0.1, 0.15) is 5.75 Å². The maximum Gasteiger partial charge on any atom is 0.534 e. The SMILES string of the molecule is Cc1cc(OS(=O)(=O)C(F)(F)F)ccc1S(C)(=O)=O. The average molecular weight is 318 g/mol. The van der Waals surface area contributed by atoms with Gasteiger partial charge in [-0.15, -0.1) is 0 Å². The summed E-state index contributed by atoms with van der Waals surface area (Å²) in [5.41, 5.74) is -5.46. The summed E-state index contributed by atoms with van der Waals surface area (Å²) in [7, 11) is -9.31. The number of alkyl halides is 3. The van der Waals surface area contributed by atoms with E-state index in [4.69, 9.17) is 0 Å². The van der Waals surface area contributed by atoms with E-state index in [9.17, 15) is 30.0 Å². The topological polar surface area (TPSA) is 77.5 Å². The molecule has 0 amide bonds. The fraction of sp³-hybridized carbons (Fsp3) is 0.333. The lowest BCUT2D eigenvalue weighted by atomic mass is 10.2. The first-order valence-corrected chi connectivity index (χ1v) is 7.96. The summed E-state index contributed by atoms with van der Waals surface area (Å²) >= 11 is 0. The van der Waals surface area contributed by atoms with Crippen molar-refractivity contribution in [2.24, 2.45) is 0 Å². The van der Waals surface area contributed by atoms with Crippen LogP contribution >= 0.6 is 0 Å². The summed E-state index contributed by atoms with van der Waals surface area (Å²) in [4.78, 5) is -0.121. The van der Waals surface area contributed by atoms with Crippen LogP contribution in [0, 0.1) is 6.92 Å². The summed E-state index contributed by atoms with van der Waals surface area (Å²) in [6.07, 6.45) is 0.919. The van der Waals surface area contributed by atoms with Crippen LogP contribution in [-0.2, 0) is 20.0 Å². The Labute approximate surface area is 108 Å².